The van der Waals surface area contributed by atoms with Gasteiger partial charge in [-0.2, -0.15) is 4.98 Å². The first-order chi connectivity index (χ1) is 10.9. The first-order valence-electron chi connectivity index (χ1n) is 8.64. The Balaban J connectivity index is 1.85. The molecule has 0 unspecified atom stereocenters. The molecular formula is C18H26N4. The number of para-hydroxylation sites is 1. The zero-order valence-electron chi connectivity index (χ0n) is 13.4. The summed E-state index contributed by atoms with van der Waals surface area (Å²) >= 11 is 0. The van der Waals surface area contributed by atoms with Crippen LogP contribution in [0.3, 0.4) is 0 Å². The van der Waals surface area contributed by atoms with Crippen molar-refractivity contribution in [3.05, 3.63) is 24.3 Å². The zero-order valence-corrected chi connectivity index (χ0v) is 13.4. The highest BCUT2D eigenvalue weighted by molar-refractivity contribution is 5.90. The van der Waals surface area contributed by atoms with Crippen LogP contribution < -0.4 is 10.6 Å². The molecule has 0 saturated heterocycles. The topological polar surface area (TPSA) is 49.8 Å². The highest BCUT2D eigenvalue weighted by atomic mass is 15.2. The molecule has 2 aromatic rings. The summed E-state index contributed by atoms with van der Waals surface area (Å²) in [4.78, 5) is 9.44. The minimum absolute atomic E-state index is 0.516. The Morgan fingerprint density at radius 3 is 2.59 bits per heavy atom. The molecule has 4 heteroatoms. The standard InChI is InChI=1S/C18H26N4/c1-2-13-19-17-15-11-7-8-12-16(15)21-18(22-17)20-14-9-5-3-4-6-10-14/h7-8,11-12,14H,2-6,9-10,13H2,1H3,(H2,19,20,21,22). The number of benzene rings is 1. The van der Waals surface area contributed by atoms with E-state index < -0.39 is 0 Å². The van der Waals surface area contributed by atoms with Crippen LogP contribution in [0.25, 0.3) is 10.9 Å². The predicted octanol–water partition coefficient (Wildman–Crippen LogP) is 4.59. The average Bonchev–Trinajstić information content (AvgIpc) is 2.81. The van der Waals surface area contributed by atoms with Crippen molar-refractivity contribution < 1.29 is 0 Å². The number of nitrogens with one attached hydrogen (secondary N) is 2. The van der Waals surface area contributed by atoms with Crippen LogP contribution in [-0.4, -0.2) is 22.6 Å². The molecule has 118 valence electrons. The Bertz CT molecular complexity index is 603. The molecule has 0 aliphatic heterocycles. The summed E-state index contributed by atoms with van der Waals surface area (Å²) in [7, 11) is 0. The normalized spacial score (nSPS) is 16.4. The molecule has 1 fully saturated rings. The van der Waals surface area contributed by atoms with Gasteiger partial charge in [-0.3, -0.25) is 0 Å². The van der Waals surface area contributed by atoms with Crippen molar-refractivity contribution in [2.75, 3.05) is 17.2 Å². The molecule has 1 saturated carbocycles. The summed E-state index contributed by atoms with van der Waals surface area (Å²) in [5.74, 6) is 1.72. The van der Waals surface area contributed by atoms with Crippen LogP contribution in [0.15, 0.2) is 24.3 Å². The summed E-state index contributed by atoms with van der Waals surface area (Å²) in [5.41, 5.74) is 1.01. The largest absolute Gasteiger partial charge is 0.369 e. The van der Waals surface area contributed by atoms with E-state index >= 15 is 0 Å². The van der Waals surface area contributed by atoms with Crippen molar-refractivity contribution in [1.82, 2.24) is 9.97 Å². The Hall–Kier alpha value is -1.84. The molecule has 0 atom stereocenters. The van der Waals surface area contributed by atoms with Gasteiger partial charge in [-0.05, 0) is 31.4 Å². The molecule has 0 bridgehead atoms. The fraction of sp³-hybridized carbons (Fsp3) is 0.556. The van der Waals surface area contributed by atoms with Gasteiger partial charge < -0.3 is 10.6 Å². The molecule has 0 spiro atoms. The summed E-state index contributed by atoms with van der Waals surface area (Å²) in [6.45, 7) is 3.10. The third-order valence-corrected chi connectivity index (χ3v) is 4.33. The first-order valence-corrected chi connectivity index (χ1v) is 8.64. The van der Waals surface area contributed by atoms with Gasteiger partial charge in [0.1, 0.15) is 5.82 Å². The van der Waals surface area contributed by atoms with E-state index in [1.807, 2.05) is 12.1 Å². The fourth-order valence-corrected chi connectivity index (χ4v) is 3.13. The van der Waals surface area contributed by atoms with Gasteiger partial charge in [0, 0.05) is 18.0 Å². The zero-order chi connectivity index (χ0) is 15.2. The Morgan fingerprint density at radius 1 is 1.05 bits per heavy atom. The summed E-state index contributed by atoms with van der Waals surface area (Å²) < 4.78 is 0. The highest BCUT2D eigenvalue weighted by Crippen LogP contribution is 2.24. The van der Waals surface area contributed by atoms with Crippen LogP contribution >= 0.6 is 0 Å². The van der Waals surface area contributed by atoms with Crippen molar-refractivity contribution in [3.63, 3.8) is 0 Å². The molecule has 4 nitrogen and oxygen atoms in total. The quantitative estimate of drug-likeness (QED) is 0.793. The predicted molar refractivity (Wildman–Crippen MR) is 93.4 cm³/mol. The van der Waals surface area contributed by atoms with Crippen molar-refractivity contribution >= 4 is 22.7 Å². The van der Waals surface area contributed by atoms with Crippen molar-refractivity contribution in [2.45, 2.75) is 57.9 Å². The molecule has 1 aliphatic rings. The third kappa shape index (κ3) is 3.67. The Kier molecular flexibility index (Phi) is 5.09. The van der Waals surface area contributed by atoms with E-state index in [-0.39, 0.29) is 0 Å². The number of nitrogens with zero attached hydrogens (tertiary/aromatic N) is 2. The van der Waals surface area contributed by atoms with Gasteiger partial charge in [0.25, 0.3) is 0 Å². The van der Waals surface area contributed by atoms with Gasteiger partial charge in [0.05, 0.1) is 5.52 Å². The number of rotatable bonds is 5. The van der Waals surface area contributed by atoms with Gasteiger partial charge in [-0.1, -0.05) is 44.7 Å². The number of hydrogen-bond donors (Lipinski definition) is 2. The average molecular weight is 298 g/mol. The SMILES string of the molecule is CCCNc1nc(NC2CCCCCC2)nc2ccccc12. The van der Waals surface area contributed by atoms with E-state index in [0.29, 0.717) is 6.04 Å². The number of fused-ring (bicyclic) bond motifs is 1. The maximum Gasteiger partial charge on any atom is 0.225 e. The van der Waals surface area contributed by atoms with E-state index in [1.54, 1.807) is 0 Å². The lowest BCUT2D eigenvalue weighted by Gasteiger charge is -2.17. The first kappa shape index (κ1) is 15.1. The maximum atomic E-state index is 4.73. The van der Waals surface area contributed by atoms with Crippen LogP contribution in [0, 0.1) is 0 Å². The Labute approximate surface area is 132 Å². The second-order valence-electron chi connectivity index (χ2n) is 6.17. The van der Waals surface area contributed by atoms with Crippen LogP contribution in [0.4, 0.5) is 11.8 Å². The van der Waals surface area contributed by atoms with Gasteiger partial charge in [0.2, 0.25) is 5.95 Å². The van der Waals surface area contributed by atoms with Crippen LogP contribution in [-0.2, 0) is 0 Å². The van der Waals surface area contributed by atoms with Crippen LogP contribution in [0.1, 0.15) is 51.9 Å². The lowest BCUT2D eigenvalue weighted by Crippen LogP contribution is -2.20. The van der Waals surface area contributed by atoms with E-state index in [2.05, 4.69) is 29.7 Å². The fourth-order valence-electron chi connectivity index (χ4n) is 3.13. The van der Waals surface area contributed by atoms with Gasteiger partial charge in [0.15, 0.2) is 0 Å². The minimum Gasteiger partial charge on any atom is -0.369 e. The van der Waals surface area contributed by atoms with E-state index in [1.165, 1.54) is 38.5 Å². The maximum absolute atomic E-state index is 4.73. The lowest BCUT2D eigenvalue weighted by atomic mass is 10.1. The monoisotopic (exact) mass is 298 g/mol. The summed E-state index contributed by atoms with van der Waals surface area (Å²) in [5, 5.41) is 8.10. The summed E-state index contributed by atoms with van der Waals surface area (Å²) in [6, 6.07) is 8.74. The van der Waals surface area contributed by atoms with Gasteiger partial charge >= 0.3 is 0 Å². The van der Waals surface area contributed by atoms with Crippen molar-refractivity contribution in [3.8, 4) is 0 Å². The molecule has 1 aliphatic carbocycles. The van der Waals surface area contributed by atoms with Crippen molar-refractivity contribution in [1.29, 1.82) is 0 Å². The molecular weight excluding hydrogens is 272 g/mol. The number of aromatic nitrogens is 2. The highest BCUT2D eigenvalue weighted by Gasteiger charge is 2.14. The Morgan fingerprint density at radius 2 is 1.82 bits per heavy atom. The summed E-state index contributed by atoms with van der Waals surface area (Å²) in [6.07, 6.45) is 8.89. The van der Waals surface area contributed by atoms with Crippen molar-refractivity contribution in [2.24, 2.45) is 0 Å². The molecule has 0 radical (unpaired) electrons. The minimum atomic E-state index is 0.516. The van der Waals surface area contributed by atoms with E-state index in [0.717, 1.165) is 35.6 Å². The molecule has 2 N–H and O–H groups in total. The smallest absolute Gasteiger partial charge is 0.225 e. The molecule has 22 heavy (non-hydrogen) atoms. The van der Waals surface area contributed by atoms with Gasteiger partial charge in [-0.25, -0.2) is 4.98 Å². The van der Waals surface area contributed by atoms with Crippen LogP contribution in [0.5, 0.6) is 0 Å². The second kappa shape index (κ2) is 7.43. The van der Waals surface area contributed by atoms with E-state index in [9.17, 15) is 0 Å². The number of hydrogen-bond acceptors (Lipinski definition) is 4. The molecule has 1 aromatic carbocycles. The lowest BCUT2D eigenvalue weighted by molar-refractivity contribution is 0.615. The molecule has 0 amide bonds. The van der Waals surface area contributed by atoms with Crippen LogP contribution in [0.2, 0.25) is 0 Å². The van der Waals surface area contributed by atoms with E-state index in [4.69, 9.17) is 9.97 Å². The van der Waals surface area contributed by atoms with Gasteiger partial charge in [-0.15, -0.1) is 0 Å². The molecule has 1 aromatic heterocycles. The molecule has 1 heterocycles. The second-order valence-corrected chi connectivity index (χ2v) is 6.17. The third-order valence-electron chi connectivity index (χ3n) is 4.33. The molecule has 3 rings (SSSR count). The number of anilines is 2.